The highest BCUT2D eigenvalue weighted by Gasteiger charge is 2.30. The van der Waals surface area contributed by atoms with Gasteiger partial charge in [-0.1, -0.05) is 19.9 Å². The zero-order valence-corrected chi connectivity index (χ0v) is 15.1. The Bertz CT molecular complexity index is 492. The molecule has 4 nitrogen and oxygen atoms in total. The number of piperidine rings is 1. The number of nitrogens with zero attached hydrogens (tertiary/aromatic N) is 1. The van der Waals surface area contributed by atoms with Crippen LogP contribution in [0.3, 0.4) is 0 Å². The Hall–Kier alpha value is -0.910. The molecule has 0 saturated carbocycles. The van der Waals surface area contributed by atoms with E-state index in [-0.39, 0.29) is 11.8 Å². The van der Waals surface area contributed by atoms with Gasteiger partial charge in [-0.15, -0.1) is 11.3 Å². The van der Waals surface area contributed by atoms with E-state index in [1.165, 1.54) is 17.7 Å². The maximum atomic E-state index is 12.4. The summed E-state index contributed by atoms with van der Waals surface area (Å²) in [5, 5.41) is 8.62. The summed E-state index contributed by atoms with van der Waals surface area (Å²) in [6, 6.07) is 4.65. The zero-order valence-electron chi connectivity index (χ0n) is 14.3. The lowest BCUT2D eigenvalue weighted by Crippen LogP contribution is -2.50. The third-order valence-corrected chi connectivity index (χ3v) is 6.51. The Kier molecular flexibility index (Phi) is 5.72. The summed E-state index contributed by atoms with van der Waals surface area (Å²) >= 11 is 1.80. The molecule has 3 rings (SSSR count). The number of rotatable bonds is 6. The normalized spacial score (nSPS) is 23.2. The minimum absolute atomic E-state index is 0.113. The fraction of sp³-hybridized carbons (Fsp3) is 0.722. The third kappa shape index (κ3) is 4.14. The number of nitrogens with one attached hydrogen (secondary N) is 2. The van der Waals surface area contributed by atoms with Crippen molar-refractivity contribution < 1.29 is 4.79 Å². The average molecular weight is 336 g/mol. The fourth-order valence-corrected chi connectivity index (χ4v) is 4.33. The first-order chi connectivity index (χ1) is 11.1. The molecule has 2 N–H and O–H groups in total. The van der Waals surface area contributed by atoms with Crippen LogP contribution in [0.5, 0.6) is 0 Å². The van der Waals surface area contributed by atoms with Gasteiger partial charge in [0.05, 0.1) is 6.04 Å². The van der Waals surface area contributed by atoms with Crippen LogP contribution in [0.25, 0.3) is 0 Å². The van der Waals surface area contributed by atoms with E-state index < -0.39 is 0 Å². The Morgan fingerprint density at radius 3 is 2.74 bits per heavy atom. The van der Waals surface area contributed by atoms with Gasteiger partial charge in [0.1, 0.15) is 0 Å². The lowest BCUT2D eigenvalue weighted by molar-refractivity contribution is -0.127. The van der Waals surface area contributed by atoms with Crippen LogP contribution in [-0.2, 0) is 4.79 Å². The van der Waals surface area contributed by atoms with Gasteiger partial charge in [0.25, 0.3) is 0 Å². The number of hydrogen-bond donors (Lipinski definition) is 2. The van der Waals surface area contributed by atoms with Crippen LogP contribution in [0.2, 0.25) is 0 Å². The van der Waals surface area contributed by atoms with E-state index in [9.17, 15) is 4.79 Å². The van der Waals surface area contributed by atoms with Crippen LogP contribution in [0, 0.1) is 17.8 Å². The molecule has 3 heterocycles. The van der Waals surface area contributed by atoms with E-state index in [0.29, 0.717) is 12.0 Å². The van der Waals surface area contributed by atoms with Crippen LogP contribution in [0.1, 0.15) is 37.6 Å². The maximum absolute atomic E-state index is 12.4. The Morgan fingerprint density at radius 2 is 2.17 bits per heavy atom. The van der Waals surface area contributed by atoms with Crippen LogP contribution in [0.15, 0.2) is 17.5 Å². The van der Waals surface area contributed by atoms with Gasteiger partial charge in [0, 0.05) is 17.3 Å². The molecule has 2 aliphatic heterocycles. The lowest BCUT2D eigenvalue weighted by Gasteiger charge is -2.37. The van der Waals surface area contributed by atoms with Crippen molar-refractivity contribution in [1.82, 2.24) is 15.5 Å². The second kappa shape index (κ2) is 7.77. The summed E-state index contributed by atoms with van der Waals surface area (Å²) in [4.78, 5) is 16.4. The first-order valence-corrected chi connectivity index (χ1v) is 9.79. The molecule has 0 spiro atoms. The zero-order chi connectivity index (χ0) is 16.2. The summed E-state index contributed by atoms with van der Waals surface area (Å²) in [5.41, 5.74) is 0. The van der Waals surface area contributed by atoms with Crippen molar-refractivity contribution >= 4 is 17.2 Å². The van der Waals surface area contributed by atoms with E-state index in [2.05, 4.69) is 46.9 Å². The molecule has 1 aromatic rings. The Balaban J connectivity index is 1.59. The molecule has 5 heteroatoms. The van der Waals surface area contributed by atoms with Crippen LogP contribution in [0.4, 0.5) is 0 Å². The molecule has 0 aliphatic carbocycles. The second-order valence-electron chi connectivity index (χ2n) is 7.20. The maximum Gasteiger partial charge on any atom is 0.223 e. The minimum atomic E-state index is 0.113. The van der Waals surface area contributed by atoms with E-state index in [1.54, 1.807) is 11.3 Å². The smallest absolute Gasteiger partial charge is 0.223 e. The van der Waals surface area contributed by atoms with E-state index in [4.69, 9.17) is 0 Å². The van der Waals surface area contributed by atoms with Gasteiger partial charge < -0.3 is 10.6 Å². The van der Waals surface area contributed by atoms with Crippen molar-refractivity contribution in [1.29, 1.82) is 0 Å². The van der Waals surface area contributed by atoms with Gasteiger partial charge in [-0.25, -0.2) is 0 Å². The van der Waals surface area contributed by atoms with Crippen LogP contribution in [-0.4, -0.2) is 43.5 Å². The largest absolute Gasteiger partial charge is 0.354 e. The molecule has 1 aromatic heterocycles. The lowest BCUT2D eigenvalue weighted by atomic mass is 9.88. The van der Waals surface area contributed by atoms with Gasteiger partial charge in [-0.2, -0.15) is 0 Å². The predicted octanol–water partition coefficient (Wildman–Crippen LogP) is 2.49. The highest BCUT2D eigenvalue weighted by molar-refractivity contribution is 7.10. The predicted molar refractivity (Wildman–Crippen MR) is 95.6 cm³/mol. The molecule has 2 atom stereocenters. The first-order valence-electron chi connectivity index (χ1n) is 8.91. The van der Waals surface area contributed by atoms with Crippen molar-refractivity contribution in [3.05, 3.63) is 22.4 Å². The molecular formula is C18H29N3OS. The number of carbonyl (C=O) groups is 1. The summed E-state index contributed by atoms with van der Waals surface area (Å²) < 4.78 is 0. The minimum Gasteiger partial charge on any atom is -0.354 e. The molecule has 0 aromatic carbocycles. The van der Waals surface area contributed by atoms with Gasteiger partial charge in [-0.05, 0) is 62.3 Å². The molecule has 2 unspecified atom stereocenters. The number of carbonyl (C=O) groups excluding carboxylic acids is 1. The van der Waals surface area contributed by atoms with Gasteiger partial charge in [0.2, 0.25) is 5.91 Å². The molecule has 128 valence electrons. The van der Waals surface area contributed by atoms with Crippen molar-refractivity contribution in [2.24, 2.45) is 17.8 Å². The standard InChI is InChI=1S/C18H29N3OS/c1-13-5-7-21(8-6-13)16(17-4-3-9-23-17)12-20-18(22)14(2)15-10-19-11-15/h3-4,9,13-16,19H,5-8,10-12H2,1-2H3,(H,20,22). The monoisotopic (exact) mass is 335 g/mol. The number of amides is 1. The summed E-state index contributed by atoms with van der Waals surface area (Å²) in [5.74, 6) is 1.66. The highest BCUT2D eigenvalue weighted by Crippen LogP contribution is 2.29. The topological polar surface area (TPSA) is 44.4 Å². The van der Waals surface area contributed by atoms with Crippen molar-refractivity contribution in [3.63, 3.8) is 0 Å². The summed E-state index contributed by atoms with van der Waals surface area (Å²) in [6.45, 7) is 9.37. The van der Waals surface area contributed by atoms with E-state index >= 15 is 0 Å². The Morgan fingerprint density at radius 1 is 1.43 bits per heavy atom. The SMILES string of the molecule is CC1CCN(C(CNC(=O)C(C)C2CNC2)c2cccs2)CC1. The number of thiophene rings is 1. The number of likely N-dealkylation sites (tertiary alicyclic amines) is 1. The van der Waals surface area contributed by atoms with Gasteiger partial charge in [0.15, 0.2) is 0 Å². The van der Waals surface area contributed by atoms with Crippen LogP contribution < -0.4 is 10.6 Å². The molecule has 2 fully saturated rings. The second-order valence-corrected chi connectivity index (χ2v) is 8.18. The average Bonchev–Trinajstić information content (AvgIpc) is 3.01. The number of hydrogen-bond acceptors (Lipinski definition) is 4. The fourth-order valence-electron chi connectivity index (χ4n) is 3.47. The van der Waals surface area contributed by atoms with Crippen molar-refractivity contribution in [2.75, 3.05) is 32.7 Å². The first kappa shape index (κ1) is 16.9. The molecule has 0 bridgehead atoms. The van der Waals surface area contributed by atoms with Gasteiger partial charge in [-0.3, -0.25) is 9.69 Å². The quantitative estimate of drug-likeness (QED) is 0.839. The van der Waals surface area contributed by atoms with E-state index in [1.807, 2.05) is 0 Å². The Labute approximate surface area is 143 Å². The summed E-state index contributed by atoms with van der Waals surface area (Å²) in [7, 11) is 0. The third-order valence-electron chi connectivity index (χ3n) is 5.53. The summed E-state index contributed by atoms with van der Waals surface area (Å²) in [6.07, 6.45) is 2.53. The van der Waals surface area contributed by atoms with Gasteiger partial charge >= 0.3 is 0 Å². The molecule has 1 amide bonds. The molecule has 23 heavy (non-hydrogen) atoms. The van der Waals surface area contributed by atoms with Crippen molar-refractivity contribution in [2.45, 2.75) is 32.7 Å². The van der Waals surface area contributed by atoms with Crippen molar-refractivity contribution in [3.8, 4) is 0 Å². The molecule has 0 radical (unpaired) electrons. The molecule has 2 saturated heterocycles. The molecular weight excluding hydrogens is 306 g/mol. The van der Waals surface area contributed by atoms with Crippen LogP contribution >= 0.6 is 11.3 Å². The molecule has 2 aliphatic rings. The highest BCUT2D eigenvalue weighted by atomic mass is 32.1. The van der Waals surface area contributed by atoms with E-state index in [0.717, 1.165) is 38.6 Å².